The first kappa shape index (κ1) is 14.0. The summed E-state index contributed by atoms with van der Waals surface area (Å²) in [5, 5.41) is 9.18. The lowest BCUT2D eigenvalue weighted by Gasteiger charge is -2.05. The molecule has 0 fully saturated rings. The Hall–Kier alpha value is -1.91. The fraction of sp³-hybridized carbons (Fsp3) is 0.286. The van der Waals surface area contributed by atoms with E-state index in [9.17, 15) is 8.42 Å². The molecule has 7 heteroatoms. The second kappa shape index (κ2) is 5.47. The highest BCUT2D eigenvalue weighted by atomic mass is 32.2. The summed E-state index contributed by atoms with van der Waals surface area (Å²) in [5.74, 6) is -0.122. The second-order valence-corrected chi connectivity index (χ2v) is 7.72. The third-order valence-electron chi connectivity index (χ3n) is 3.28. The van der Waals surface area contributed by atoms with Gasteiger partial charge < -0.3 is 0 Å². The zero-order chi connectivity index (χ0) is 14.9. The summed E-state index contributed by atoms with van der Waals surface area (Å²) in [6.07, 6.45) is 3.03. The van der Waals surface area contributed by atoms with Gasteiger partial charge in [0.1, 0.15) is 0 Å². The van der Waals surface area contributed by atoms with E-state index in [-0.39, 0.29) is 5.75 Å². The van der Waals surface area contributed by atoms with E-state index < -0.39 is 10.0 Å². The molecule has 108 valence electrons. The molecule has 21 heavy (non-hydrogen) atoms. The first-order valence-corrected chi connectivity index (χ1v) is 9.01. The van der Waals surface area contributed by atoms with E-state index in [0.29, 0.717) is 16.3 Å². The fourth-order valence-electron chi connectivity index (χ4n) is 2.30. The predicted molar refractivity (Wildman–Crippen MR) is 81.5 cm³/mol. The van der Waals surface area contributed by atoms with Gasteiger partial charge in [0.15, 0.2) is 5.13 Å². The number of nitriles is 1. The maximum atomic E-state index is 12.1. The molecule has 0 spiro atoms. The SMILES string of the molecule is N#Cc1ccc(CS(=O)(=O)Nc2nc3c(s2)CCC3)cc1. The number of benzene rings is 1. The minimum Gasteiger partial charge on any atom is -0.258 e. The second-order valence-electron chi connectivity index (χ2n) is 4.91. The van der Waals surface area contributed by atoms with Crippen molar-refractivity contribution in [1.82, 2.24) is 4.98 Å². The predicted octanol–water partition coefficient (Wildman–Crippen LogP) is 2.45. The lowest BCUT2D eigenvalue weighted by atomic mass is 10.2. The molecule has 0 saturated heterocycles. The van der Waals surface area contributed by atoms with Gasteiger partial charge in [-0.15, -0.1) is 11.3 Å². The molecule has 1 aromatic heterocycles. The number of fused-ring (bicyclic) bond motifs is 1. The highest BCUT2D eigenvalue weighted by Gasteiger charge is 2.20. The third-order valence-corrected chi connectivity index (χ3v) is 5.70. The third kappa shape index (κ3) is 3.23. The van der Waals surface area contributed by atoms with Crippen molar-refractivity contribution in [1.29, 1.82) is 5.26 Å². The molecule has 1 aliphatic rings. The summed E-state index contributed by atoms with van der Waals surface area (Å²) in [7, 11) is -3.48. The standard InChI is InChI=1S/C14H13N3O2S2/c15-8-10-4-6-11(7-5-10)9-21(18,19)17-14-16-12-2-1-3-13(12)20-14/h4-7H,1-3,9H2,(H,16,17). The molecule has 0 bridgehead atoms. The molecule has 1 aliphatic carbocycles. The number of hydrogen-bond donors (Lipinski definition) is 1. The number of aromatic nitrogens is 1. The molecule has 0 amide bonds. The van der Waals surface area contributed by atoms with Gasteiger partial charge in [0.2, 0.25) is 10.0 Å². The van der Waals surface area contributed by atoms with E-state index in [4.69, 9.17) is 5.26 Å². The molecule has 2 aromatic rings. The van der Waals surface area contributed by atoms with Crippen LogP contribution in [0.25, 0.3) is 0 Å². The highest BCUT2D eigenvalue weighted by molar-refractivity contribution is 7.92. The number of aryl methyl sites for hydroxylation is 2. The topological polar surface area (TPSA) is 82.8 Å². The van der Waals surface area contributed by atoms with Crippen LogP contribution in [0.4, 0.5) is 5.13 Å². The van der Waals surface area contributed by atoms with Gasteiger partial charge in [-0.2, -0.15) is 5.26 Å². The zero-order valence-corrected chi connectivity index (χ0v) is 12.8. The van der Waals surface area contributed by atoms with Gasteiger partial charge >= 0.3 is 0 Å². The van der Waals surface area contributed by atoms with Gasteiger partial charge in [-0.1, -0.05) is 12.1 Å². The van der Waals surface area contributed by atoms with Crippen molar-refractivity contribution >= 4 is 26.5 Å². The molecule has 1 aromatic carbocycles. The van der Waals surface area contributed by atoms with E-state index in [1.807, 2.05) is 6.07 Å². The van der Waals surface area contributed by atoms with Crippen LogP contribution in [0.1, 0.15) is 28.1 Å². The zero-order valence-electron chi connectivity index (χ0n) is 11.2. The first-order valence-electron chi connectivity index (χ1n) is 6.54. The van der Waals surface area contributed by atoms with E-state index in [1.165, 1.54) is 16.2 Å². The molecule has 1 N–H and O–H groups in total. The summed E-state index contributed by atoms with van der Waals surface area (Å²) in [6.45, 7) is 0. The Labute approximate surface area is 127 Å². The lowest BCUT2D eigenvalue weighted by Crippen LogP contribution is -2.15. The monoisotopic (exact) mass is 319 g/mol. The number of nitrogens with zero attached hydrogens (tertiary/aromatic N) is 2. The van der Waals surface area contributed by atoms with Crippen molar-refractivity contribution in [3.8, 4) is 6.07 Å². The Morgan fingerprint density at radius 1 is 1.29 bits per heavy atom. The quantitative estimate of drug-likeness (QED) is 0.938. The molecule has 0 radical (unpaired) electrons. The molecule has 0 aliphatic heterocycles. The van der Waals surface area contributed by atoms with Crippen molar-refractivity contribution < 1.29 is 8.42 Å². The van der Waals surface area contributed by atoms with Crippen molar-refractivity contribution in [2.75, 3.05) is 4.72 Å². The Bertz CT molecular complexity index is 780. The summed E-state index contributed by atoms with van der Waals surface area (Å²) >= 11 is 1.42. The van der Waals surface area contributed by atoms with E-state index in [1.54, 1.807) is 24.3 Å². The van der Waals surface area contributed by atoms with Gasteiger partial charge in [-0.3, -0.25) is 4.72 Å². The van der Waals surface area contributed by atoms with Crippen LogP contribution < -0.4 is 4.72 Å². The van der Waals surface area contributed by atoms with Gasteiger partial charge in [0.05, 0.1) is 23.1 Å². The van der Waals surface area contributed by atoms with Crippen molar-refractivity contribution in [2.24, 2.45) is 0 Å². The number of anilines is 1. The van der Waals surface area contributed by atoms with E-state index in [2.05, 4.69) is 9.71 Å². The number of hydrogen-bond acceptors (Lipinski definition) is 5. The first-order chi connectivity index (χ1) is 10.1. The van der Waals surface area contributed by atoms with E-state index >= 15 is 0 Å². The highest BCUT2D eigenvalue weighted by Crippen LogP contribution is 2.31. The van der Waals surface area contributed by atoms with Gasteiger partial charge in [0, 0.05) is 4.88 Å². The molecule has 1 heterocycles. The van der Waals surface area contributed by atoms with Crippen LogP contribution in [0.15, 0.2) is 24.3 Å². The van der Waals surface area contributed by atoms with Crippen LogP contribution in [0, 0.1) is 11.3 Å². The van der Waals surface area contributed by atoms with Crippen molar-refractivity contribution in [2.45, 2.75) is 25.0 Å². The average molecular weight is 319 g/mol. The van der Waals surface area contributed by atoms with Crippen LogP contribution >= 0.6 is 11.3 Å². The molecule has 3 rings (SSSR count). The number of nitrogens with one attached hydrogen (secondary N) is 1. The molecular weight excluding hydrogens is 306 g/mol. The Kier molecular flexibility index (Phi) is 3.66. The lowest BCUT2D eigenvalue weighted by molar-refractivity contribution is 0.600. The maximum absolute atomic E-state index is 12.1. The minimum absolute atomic E-state index is 0.122. The number of sulfonamides is 1. The van der Waals surface area contributed by atoms with Crippen LogP contribution in [0.3, 0.4) is 0 Å². The molecule has 0 unspecified atom stereocenters. The average Bonchev–Trinajstić information content (AvgIpc) is 2.99. The summed E-state index contributed by atoms with van der Waals surface area (Å²) in [5.41, 5.74) is 2.18. The summed E-state index contributed by atoms with van der Waals surface area (Å²) in [6, 6.07) is 8.54. The fourth-order valence-corrected chi connectivity index (χ4v) is 4.76. The van der Waals surface area contributed by atoms with Crippen LogP contribution in [0.2, 0.25) is 0 Å². The van der Waals surface area contributed by atoms with Crippen molar-refractivity contribution in [3.05, 3.63) is 46.0 Å². The Morgan fingerprint density at radius 2 is 2.05 bits per heavy atom. The van der Waals surface area contributed by atoms with E-state index in [0.717, 1.165) is 25.0 Å². The Balaban J connectivity index is 1.72. The van der Waals surface area contributed by atoms with Crippen LogP contribution in [-0.4, -0.2) is 13.4 Å². The minimum atomic E-state index is -3.48. The summed E-state index contributed by atoms with van der Waals surface area (Å²) in [4.78, 5) is 5.52. The molecule has 0 atom stereocenters. The number of thiazole rings is 1. The molecular formula is C14H13N3O2S2. The molecule has 0 saturated carbocycles. The normalized spacial score (nSPS) is 13.7. The van der Waals surface area contributed by atoms with Gasteiger partial charge in [-0.05, 0) is 37.0 Å². The van der Waals surface area contributed by atoms with Crippen LogP contribution in [0.5, 0.6) is 0 Å². The van der Waals surface area contributed by atoms with Crippen LogP contribution in [-0.2, 0) is 28.6 Å². The smallest absolute Gasteiger partial charge is 0.238 e. The van der Waals surface area contributed by atoms with Crippen molar-refractivity contribution in [3.63, 3.8) is 0 Å². The van der Waals surface area contributed by atoms with Gasteiger partial charge in [-0.25, -0.2) is 13.4 Å². The van der Waals surface area contributed by atoms with Gasteiger partial charge in [0.25, 0.3) is 0 Å². The Morgan fingerprint density at radius 3 is 2.71 bits per heavy atom. The number of rotatable bonds is 4. The molecule has 5 nitrogen and oxygen atoms in total. The largest absolute Gasteiger partial charge is 0.258 e. The maximum Gasteiger partial charge on any atom is 0.238 e. The summed E-state index contributed by atoms with van der Waals surface area (Å²) < 4.78 is 26.8.